The molecule has 13 heavy (non-hydrogen) atoms. The molecule has 0 bridgehead atoms. The quantitative estimate of drug-likeness (QED) is 0.614. The van der Waals surface area contributed by atoms with Crippen molar-refractivity contribution in [2.45, 2.75) is 32.2 Å². The molecule has 0 spiro atoms. The molecule has 2 unspecified atom stereocenters. The smallest absolute Gasteiger partial charge is 0.306 e. The highest BCUT2D eigenvalue weighted by atomic mass is 16.4. The van der Waals surface area contributed by atoms with Gasteiger partial charge in [0.15, 0.2) is 0 Å². The van der Waals surface area contributed by atoms with Crippen LogP contribution in [0.1, 0.15) is 26.2 Å². The van der Waals surface area contributed by atoms with Crippen molar-refractivity contribution in [1.82, 2.24) is 0 Å². The number of aliphatic carboxylic acids is 1. The molecule has 0 aromatic carbocycles. The Morgan fingerprint density at radius 1 is 1.77 bits per heavy atom. The zero-order valence-corrected chi connectivity index (χ0v) is 7.99. The third kappa shape index (κ3) is 5.23. The highest BCUT2D eigenvalue weighted by Gasteiger charge is 2.18. The molecule has 0 aromatic heterocycles. The molecule has 3 nitrogen and oxygen atoms in total. The third-order valence-corrected chi connectivity index (χ3v) is 1.87. The first-order valence-corrected chi connectivity index (χ1v) is 4.46. The van der Waals surface area contributed by atoms with Crippen LogP contribution in [0, 0.1) is 5.92 Å². The van der Waals surface area contributed by atoms with E-state index in [4.69, 9.17) is 10.8 Å². The lowest BCUT2D eigenvalue weighted by Crippen LogP contribution is -2.25. The van der Waals surface area contributed by atoms with Crippen molar-refractivity contribution in [1.29, 1.82) is 0 Å². The second-order valence-corrected chi connectivity index (χ2v) is 3.09. The molecule has 0 amide bonds. The standard InChI is InChI=1S/C10H17NO2/c1-3-5-8(10(12)13)7-9(11)6-4-2/h6,8-9H,2-3,5,7,11H2,1H3,(H,12,13). The van der Waals surface area contributed by atoms with Gasteiger partial charge < -0.3 is 10.8 Å². The Morgan fingerprint density at radius 3 is 2.77 bits per heavy atom. The Hall–Kier alpha value is -1.05. The van der Waals surface area contributed by atoms with E-state index < -0.39 is 5.97 Å². The molecule has 74 valence electrons. The van der Waals surface area contributed by atoms with Gasteiger partial charge in [0.2, 0.25) is 0 Å². The number of carbonyl (C=O) groups is 1. The predicted octanol–water partition coefficient (Wildman–Crippen LogP) is 1.55. The maximum atomic E-state index is 10.7. The van der Waals surface area contributed by atoms with Gasteiger partial charge in [-0.3, -0.25) is 4.79 Å². The molecule has 0 aliphatic carbocycles. The fourth-order valence-corrected chi connectivity index (χ4v) is 1.24. The van der Waals surface area contributed by atoms with Crippen molar-refractivity contribution < 1.29 is 9.90 Å². The molecular weight excluding hydrogens is 166 g/mol. The average Bonchev–Trinajstić information content (AvgIpc) is 2.04. The van der Waals surface area contributed by atoms with Crippen molar-refractivity contribution in [3.05, 3.63) is 18.4 Å². The van der Waals surface area contributed by atoms with Gasteiger partial charge in [0.1, 0.15) is 0 Å². The van der Waals surface area contributed by atoms with Crippen LogP contribution in [0.15, 0.2) is 18.4 Å². The maximum Gasteiger partial charge on any atom is 0.306 e. The van der Waals surface area contributed by atoms with E-state index in [0.717, 1.165) is 6.42 Å². The molecule has 0 saturated carbocycles. The van der Waals surface area contributed by atoms with Crippen LogP contribution >= 0.6 is 0 Å². The van der Waals surface area contributed by atoms with Gasteiger partial charge >= 0.3 is 5.97 Å². The lowest BCUT2D eigenvalue weighted by atomic mass is 9.96. The van der Waals surface area contributed by atoms with Crippen LogP contribution in [0.5, 0.6) is 0 Å². The minimum Gasteiger partial charge on any atom is -0.481 e. The average molecular weight is 183 g/mol. The summed E-state index contributed by atoms with van der Waals surface area (Å²) < 4.78 is 0. The van der Waals surface area contributed by atoms with E-state index in [1.807, 2.05) is 6.92 Å². The molecule has 3 heteroatoms. The van der Waals surface area contributed by atoms with Gasteiger partial charge in [0.25, 0.3) is 0 Å². The Morgan fingerprint density at radius 2 is 2.38 bits per heavy atom. The topological polar surface area (TPSA) is 63.3 Å². The second kappa shape index (κ2) is 6.46. The fourth-order valence-electron chi connectivity index (χ4n) is 1.24. The summed E-state index contributed by atoms with van der Waals surface area (Å²) in [6, 6.07) is -0.245. The molecule has 2 atom stereocenters. The number of rotatable bonds is 6. The van der Waals surface area contributed by atoms with Crippen LogP contribution in [0.25, 0.3) is 0 Å². The van der Waals surface area contributed by atoms with Gasteiger partial charge in [0, 0.05) is 6.04 Å². The molecule has 0 aliphatic heterocycles. The van der Waals surface area contributed by atoms with E-state index in [0.29, 0.717) is 12.8 Å². The lowest BCUT2D eigenvalue weighted by Gasteiger charge is -2.13. The van der Waals surface area contributed by atoms with Crippen molar-refractivity contribution in [2.75, 3.05) is 0 Å². The minimum atomic E-state index is -0.769. The van der Waals surface area contributed by atoms with Crippen molar-refractivity contribution in [3.8, 4) is 0 Å². The maximum absolute atomic E-state index is 10.7. The summed E-state index contributed by atoms with van der Waals surface area (Å²) in [5.74, 6) is -1.11. The SMILES string of the molecule is C=C=CC(N)CC(CCC)C(=O)O. The van der Waals surface area contributed by atoms with Gasteiger partial charge in [0.05, 0.1) is 5.92 Å². The summed E-state index contributed by atoms with van der Waals surface area (Å²) in [5.41, 5.74) is 8.19. The summed E-state index contributed by atoms with van der Waals surface area (Å²) in [6.45, 7) is 5.35. The Balaban J connectivity index is 4.08. The largest absolute Gasteiger partial charge is 0.481 e. The molecule has 0 radical (unpaired) electrons. The van der Waals surface area contributed by atoms with Gasteiger partial charge in [-0.2, -0.15) is 0 Å². The summed E-state index contributed by atoms with van der Waals surface area (Å²) >= 11 is 0. The Kier molecular flexibility index (Phi) is 5.94. The van der Waals surface area contributed by atoms with E-state index >= 15 is 0 Å². The van der Waals surface area contributed by atoms with Gasteiger partial charge in [-0.05, 0) is 18.9 Å². The van der Waals surface area contributed by atoms with Crippen LogP contribution in [0.4, 0.5) is 0 Å². The second-order valence-electron chi connectivity index (χ2n) is 3.09. The van der Waals surface area contributed by atoms with Gasteiger partial charge in [-0.15, -0.1) is 5.73 Å². The molecule has 0 aliphatic rings. The number of hydrogen-bond acceptors (Lipinski definition) is 2. The number of nitrogens with two attached hydrogens (primary N) is 1. The van der Waals surface area contributed by atoms with Crippen LogP contribution in [0.2, 0.25) is 0 Å². The monoisotopic (exact) mass is 183 g/mol. The first-order valence-electron chi connectivity index (χ1n) is 4.46. The molecule has 0 heterocycles. The number of carboxylic acid groups (broad SMARTS) is 1. The highest BCUT2D eigenvalue weighted by molar-refractivity contribution is 5.70. The van der Waals surface area contributed by atoms with Crippen LogP contribution in [-0.4, -0.2) is 17.1 Å². The molecule has 3 N–H and O–H groups in total. The zero-order valence-electron chi connectivity index (χ0n) is 7.99. The van der Waals surface area contributed by atoms with Gasteiger partial charge in [-0.25, -0.2) is 0 Å². The number of carboxylic acids is 1. The van der Waals surface area contributed by atoms with Crippen molar-refractivity contribution in [3.63, 3.8) is 0 Å². The van der Waals surface area contributed by atoms with Crippen LogP contribution in [0.3, 0.4) is 0 Å². The third-order valence-electron chi connectivity index (χ3n) is 1.87. The highest BCUT2D eigenvalue weighted by Crippen LogP contribution is 2.13. The van der Waals surface area contributed by atoms with E-state index in [2.05, 4.69) is 12.3 Å². The van der Waals surface area contributed by atoms with Crippen molar-refractivity contribution in [2.24, 2.45) is 11.7 Å². The predicted molar refractivity (Wildman–Crippen MR) is 52.3 cm³/mol. The van der Waals surface area contributed by atoms with E-state index in [-0.39, 0.29) is 12.0 Å². The summed E-state index contributed by atoms with van der Waals surface area (Å²) in [6.07, 6.45) is 3.60. The summed E-state index contributed by atoms with van der Waals surface area (Å²) in [4.78, 5) is 10.7. The molecule has 0 fully saturated rings. The van der Waals surface area contributed by atoms with E-state index in [9.17, 15) is 4.79 Å². The van der Waals surface area contributed by atoms with Crippen molar-refractivity contribution >= 4 is 5.97 Å². The lowest BCUT2D eigenvalue weighted by molar-refractivity contribution is -0.142. The summed E-state index contributed by atoms with van der Waals surface area (Å²) in [7, 11) is 0. The minimum absolute atomic E-state index is 0.245. The normalized spacial score (nSPS) is 14.3. The van der Waals surface area contributed by atoms with Crippen LogP contribution < -0.4 is 5.73 Å². The number of hydrogen-bond donors (Lipinski definition) is 2. The van der Waals surface area contributed by atoms with E-state index in [1.165, 1.54) is 0 Å². The van der Waals surface area contributed by atoms with E-state index in [1.54, 1.807) is 6.08 Å². The molecular formula is C10H17NO2. The molecule has 0 saturated heterocycles. The van der Waals surface area contributed by atoms with Gasteiger partial charge in [-0.1, -0.05) is 19.9 Å². The molecule has 0 rings (SSSR count). The fraction of sp³-hybridized carbons (Fsp3) is 0.600. The Bertz CT molecular complexity index is 207. The molecule has 0 aromatic rings. The Labute approximate surface area is 78.9 Å². The zero-order chi connectivity index (χ0) is 10.3. The first-order chi connectivity index (χ1) is 6.11. The first kappa shape index (κ1) is 11.9. The summed E-state index contributed by atoms with van der Waals surface area (Å²) in [5, 5.41) is 8.82. The van der Waals surface area contributed by atoms with Crippen LogP contribution in [-0.2, 0) is 4.79 Å².